The molecule has 1 amide bonds. The van der Waals surface area contributed by atoms with Gasteiger partial charge in [0.15, 0.2) is 0 Å². The lowest BCUT2D eigenvalue weighted by Gasteiger charge is -2.27. The SMILES string of the molecule is C=C=C(NC(=O)OC(C)(C)C)C1CC(=O)C1. The van der Waals surface area contributed by atoms with Crippen molar-refractivity contribution >= 4 is 11.9 Å². The third-order valence-electron chi connectivity index (χ3n) is 2.18. The van der Waals surface area contributed by atoms with E-state index in [-0.39, 0.29) is 11.7 Å². The molecule has 4 nitrogen and oxygen atoms in total. The summed E-state index contributed by atoms with van der Waals surface area (Å²) in [6.07, 6.45) is 0.374. The summed E-state index contributed by atoms with van der Waals surface area (Å²) >= 11 is 0. The largest absolute Gasteiger partial charge is 0.444 e. The molecule has 0 aromatic heterocycles. The maximum absolute atomic E-state index is 11.4. The molecule has 88 valence electrons. The zero-order valence-electron chi connectivity index (χ0n) is 9.92. The number of alkyl carbamates (subject to hydrolysis) is 1. The zero-order valence-corrected chi connectivity index (χ0v) is 9.92. The van der Waals surface area contributed by atoms with Crippen molar-refractivity contribution < 1.29 is 14.3 Å². The van der Waals surface area contributed by atoms with Gasteiger partial charge in [0.2, 0.25) is 0 Å². The normalized spacial score (nSPS) is 16.1. The molecule has 0 aromatic rings. The average molecular weight is 223 g/mol. The molecule has 16 heavy (non-hydrogen) atoms. The number of amides is 1. The number of ether oxygens (including phenoxy) is 1. The molecule has 1 rings (SSSR count). The second-order valence-corrected chi connectivity index (χ2v) is 4.86. The minimum atomic E-state index is -0.536. The molecule has 1 fully saturated rings. The highest BCUT2D eigenvalue weighted by Crippen LogP contribution is 2.28. The number of Topliss-reactive ketones (excluding diaryl/α,β-unsaturated/α-hetero) is 1. The van der Waals surface area contributed by atoms with Crippen molar-refractivity contribution in [2.75, 3.05) is 0 Å². The molecule has 0 saturated heterocycles. The van der Waals surface area contributed by atoms with Crippen LogP contribution in [0.2, 0.25) is 0 Å². The van der Waals surface area contributed by atoms with Gasteiger partial charge in [-0.3, -0.25) is 10.1 Å². The van der Waals surface area contributed by atoms with Gasteiger partial charge in [0.25, 0.3) is 0 Å². The van der Waals surface area contributed by atoms with Crippen LogP contribution < -0.4 is 5.32 Å². The molecule has 0 heterocycles. The minimum Gasteiger partial charge on any atom is -0.444 e. The van der Waals surface area contributed by atoms with E-state index in [1.165, 1.54) is 0 Å². The highest BCUT2D eigenvalue weighted by atomic mass is 16.6. The molecule has 1 N–H and O–H groups in total. The van der Waals surface area contributed by atoms with Gasteiger partial charge >= 0.3 is 6.09 Å². The third kappa shape index (κ3) is 3.55. The van der Waals surface area contributed by atoms with Gasteiger partial charge in [-0.1, -0.05) is 6.58 Å². The van der Waals surface area contributed by atoms with Crippen LogP contribution in [0.25, 0.3) is 0 Å². The number of hydrogen-bond acceptors (Lipinski definition) is 3. The lowest BCUT2D eigenvalue weighted by molar-refractivity contribution is -0.126. The Morgan fingerprint density at radius 2 is 2.06 bits per heavy atom. The van der Waals surface area contributed by atoms with Crippen LogP contribution in [-0.4, -0.2) is 17.5 Å². The van der Waals surface area contributed by atoms with E-state index in [2.05, 4.69) is 17.6 Å². The van der Waals surface area contributed by atoms with E-state index in [1.807, 2.05) is 0 Å². The third-order valence-corrected chi connectivity index (χ3v) is 2.18. The van der Waals surface area contributed by atoms with Crippen LogP contribution in [0.3, 0.4) is 0 Å². The predicted octanol–water partition coefficient (Wildman–Crippen LogP) is 2.16. The molecule has 1 aliphatic rings. The molecule has 0 unspecified atom stereocenters. The zero-order chi connectivity index (χ0) is 12.3. The number of carbonyl (C=O) groups is 2. The van der Waals surface area contributed by atoms with Gasteiger partial charge in [-0.15, -0.1) is 5.73 Å². The molecule has 1 saturated carbocycles. The van der Waals surface area contributed by atoms with Gasteiger partial charge < -0.3 is 4.74 Å². The molecular weight excluding hydrogens is 206 g/mol. The van der Waals surface area contributed by atoms with Crippen molar-refractivity contribution in [3.05, 3.63) is 18.0 Å². The van der Waals surface area contributed by atoms with Crippen molar-refractivity contribution in [2.24, 2.45) is 5.92 Å². The predicted molar refractivity (Wildman–Crippen MR) is 59.8 cm³/mol. The summed E-state index contributed by atoms with van der Waals surface area (Å²) in [5.74, 6) is 0.237. The van der Waals surface area contributed by atoms with Crippen LogP contribution in [0, 0.1) is 5.92 Å². The van der Waals surface area contributed by atoms with Crippen LogP contribution in [0.5, 0.6) is 0 Å². The number of allylic oxidation sites excluding steroid dienone is 1. The Kier molecular flexibility index (Phi) is 3.55. The Hall–Kier alpha value is -1.54. The van der Waals surface area contributed by atoms with E-state index < -0.39 is 11.7 Å². The number of ketones is 1. The molecule has 0 aliphatic heterocycles. The van der Waals surface area contributed by atoms with E-state index >= 15 is 0 Å². The Bertz CT molecular complexity index is 351. The average Bonchev–Trinajstić information content (AvgIpc) is 2.06. The van der Waals surface area contributed by atoms with Crippen LogP contribution in [0.15, 0.2) is 18.0 Å². The molecule has 4 heteroatoms. The van der Waals surface area contributed by atoms with Crippen LogP contribution in [0.4, 0.5) is 4.79 Å². The van der Waals surface area contributed by atoms with Crippen LogP contribution >= 0.6 is 0 Å². The first-order chi connectivity index (χ1) is 7.31. The fourth-order valence-corrected chi connectivity index (χ4v) is 1.40. The lowest BCUT2D eigenvalue weighted by atomic mass is 9.82. The van der Waals surface area contributed by atoms with Crippen molar-refractivity contribution in [3.63, 3.8) is 0 Å². The smallest absolute Gasteiger partial charge is 0.412 e. The van der Waals surface area contributed by atoms with Crippen molar-refractivity contribution in [1.82, 2.24) is 5.32 Å². The maximum atomic E-state index is 11.4. The van der Waals surface area contributed by atoms with Crippen molar-refractivity contribution in [3.8, 4) is 0 Å². The highest BCUT2D eigenvalue weighted by molar-refractivity contribution is 5.86. The second-order valence-electron chi connectivity index (χ2n) is 4.86. The Morgan fingerprint density at radius 1 is 1.50 bits per heavy atom. The molecule has 0 bridgehead atoms. The summed E-state index contributed by atoms with van der Waals surface area (Å²) < 4.78 is 5.09. The van der Waals surface area contributed by atoms with E-state index in [4.69, 9.17) is 4.74 Å². The lowest BCUT2D eigenvalue weighted by Crippen LogP contribution is -2.37. The first-order valence-electron chi connectivity index (χ1n) is 5.23. The Morgan fingerprint density at radius 3 is 2.44 bits per heavy atom. The quantitative estimate of drug-likeness (QED) is 0.730. The summed E-state index contributed by atoms with van der Waals surface area (Å²) in [6.45, 7) is 8.86. The minimum absolute atomic E-state index is 0.0394. The summed E-state index contributed by atoms with van der Waals surface area (Å²) in [6, 6.07) is 0. The van der Waals surface area contributed by atoms with Crippen molar-refractivity contribution in [2.45, 2.75) is 39.2 Å². The number of hydrogen-bond donors (Lipinski definition) is 1. The topological polar surface area (TPSA) is 55.4 Å². The first kappa shape index (κ1) is 12.5. The van der Waals surface area contributed by atoms with E-state index in [0.717, 1.165) is 0 Å². The van der Waals surface area contributed by atoms with Gasteiger partial charge in [0, 0.05) is 18.8 Å². The summed E-state index contributed by atoms with van der Waals surface area (Å²) in [5.41, 5.74) is 2.66. The molecule has 0 radical (unpaired) electrons. The van der Waals surface area contributed by atoms with Gasteiger partial charge in [0.05, 0.1) is 5.70 Å². The van der Waals surface area contributed by atoms with Gasteiger partial charge in [-0.2, -0.15) is 0 Å². The Balaban J connectivity index is 2.49. The summed E-state index contributed by atoms with van der Waals surface area (Å²) in [5, 5.41) is 2.58. The summed E-state index contributed by atoms with van der Waals surface area (Å²) in [7, 11) is 0. The van der Waals surface area contributed by atoms with E-state index in [0.29, 0.717) is 18.5 Å². The first-order valence-corrected chi connectivity index (χ1v) is 5.23. The van der Waals surface area contributed by atoms with Gasteiger partial charge in [0.1, 0.15) is 11.4 Å². The van der Waals surface area contributed by atoms with Crippen LogP contribution in [-0.2, 0) is 9.53 Å². The van der Waals surface area contributed by atoms with Crippen molar-refractivity contribution in [1.29, 1.82) is 0 Å². The molecule has 0 spiro atoms. The number of carbonyl (C=O) groups excluding carboxylic acids is 2. The fourth-order valence-electron chi connectivity index (χ4n) is 1.40. The molecule has 0 atom stereocenters. The molecule has 1 aliphatic carbocycles. The maximum Gasteiger partial charge on any atom is 0.412 e. The van der Waals surface area contributed by atoms with E-state index in [9.17, 15) is 9.59 Å². The monoisotopic (exact) mass is 223 g/mol. The van der Waals surface area contributed by atoms with Gasteiger partial charge in [-0.05, 0) is 20.8 Å². The Labute approximate surface area is 95.4 Å². The highest BCUT2D eigenvalue weighted by Gasteiger charge is 2.31. The standard InChI is InChI=1S/C12H17NO3/c1-5-10(8-6-9(14)7-8)13-11(15)16-12(2,3)4/h8H,1,6-7H2,2-4H3,(H,13,15). The van der Waals surface area contributed by atoms with E-state index in [1.54, 1.807) is 20.8 Å². The number of nitrogens with one attached hydrogen (secondary N) is 1. The molecular formula is C12H17NO3. The fraction of sp³-hybridized carbons (Fsp3) is 0.583. The molecule has 0 aromatic carbocycles. The number of rotatable bonds is 2. The summed E-state index contributed by atoms with van der Waals surface area (Å²) in [4.78, 5) is 22.3. The second kappa shape index (κ2) is 4.54. The van der Waals surface area contributed by atoms with Gasteiger partial charge in [-0.25, -0.2) is 4.79 Å². The van der Waals surface area contributed by atoms with Crippen LogP contribution in [0.1, 0.15) is 33.6 Å².